The molecule has 1 fully saturated rings. The summed E-state index contributed by atoms with van der Waals surface area (Å²) < 4.78 is 0. The standard InChI is InChI=1S/C13H26N2O.ClH/c1-10(13(2,3)4)12(16)15-8-6-11(14-5)7-9-15;/h10-11,14H,6-9H2,1-5H3;1H. The summed E-state index contributed by atoms with van der Waals surface area (Å²) in [7, 11) is 2.00. The second-order valence-electron chi connectivity index (χ2n) is 5.98. The maximum Gasteiger partial charge on any atom is 0.225 e. The normalized spacial score (nSPS) is 19.7. The van der Waals surface area contributed by atoms with Crippen molar-refractivity contribution in [3.63, 3.8) is 0 Å². The molecular weight excluding hydrogens is 236 g/mol. The van der Waals surface area contributed by atoms with Crippen LogP contribution in [0, 0.1) is 11.3 Å². The average Bonchev–Trinajstić information content (AvgIpc) is 2.26. The van der Waals surface area contributed by atoms with Crippen molar-refractivity contribution in [2.75, 3.05) is 20.1 Å². The summed E-state index contributed by atoms with van der Waals surface area (Å²) in [6.45, 7) is 10.3. The van der Waals surface area contributed by atoms with Gasteiger partial charge in [0.1, 0.15) is 0 Å². The molecule has 1 heterocycles. The van der Waals surface area contributed by atoms with E-state index in [0.29, 0.717) is 11.9 Å². The first kappa shape index (κ1) is 16.7. The Morgan fingerprint density at radius 1 is 1.29 bits per heavy atom. The van der Waals surface area contributed by atoms with Gasteiger partial charge in [0.15, 0.2) is 0 Å². The molecule has 1 amide bonds. The lowest BCUT2D eigenvalue weighted by molar-refractivity contribution is -0.139. The third-order valence-corrected chi connectivity index (χ3v) is 3.88. The molecule has 17 heavy (non-hydrogen) atoms. The largest absolute Gasteiger partial charge is 0.342 e. The van der Waals surface area contributed by atoms with Gasteiger partial charge >= 0.3 is 0 Å². The van der Waals surface area contributed by atoms with E-state index in [1.165, 1.54) is 0 Å². The fourth-order valence-electron chi connectivity index (χ4n) is 2.03. The third-order valence-electron chi connectivity index (χ3n) is 3.88. The SMILES string of the molecule is CNC1CCN(C(=O)C(C)C(C)(C)C)CC1.Cl. The second-order valence-corrected chi connectivity index (χ2v) is 5.98. The molecule has 3 nitrogen and oxygen atoms in total. The van der Waals surface area contributed by atoms with Gasteiger partial charge in [-0.1, -0.05) is 27.7 Å². The lowest BCUT2D eigenvalue weighted by Gasteiger charge is -2.36. The highest BCUT2D eigenvalue weighted by Gasteiger charge is 2.31. The van der Waals surface area contributed by atoms with E-state index in [1.807, 2.05) is 18.9 Å². The van der Waals surface area contributed by atoms with Crippen LogP contribution in [0.4, 0.5) is 0 Å². The molecule has 1 saturated heterocycles. The Balaban J connectivity index is 0.00000256. The number of carbonyl (C=O) groups is 1. The first-order valence-corrected chi connectivity index (χ1v) is 6.32. The molecule has 102 valence electrons. The summed E-state index contributed by atoms with van der Waals surface area (Å²) in [4.78, 5) is 14.3. The maximum atomic E-state index is 12.2. The van der Waals surface area contributed by atoms with E-state index in [-0.39, 0.29) is 23.7 Å². The van der Waals surface area contributed by atoms with Gasteiger partial charge in [-0.25, -0.2) is 0 Å². The van der Waals surface area contributed by atoms with E-state index >= 15 is 0 Å². The molecule has 0 aromatic rings. The number of carbonyl (C=O) groups excluding carboxylic acids is 1. The lowest BCUT2D eigenvalue weighted by atomic mass is 9.81. The van der Waals surface area contributed by atoms with Crippen molar-refractivity contribution in [1.82, 2.24) is 10.2 Å². The molecule has 4 heteroatoms. The molecule has 0 bridgehead atoms. The zero-order chi connectivity index (χ0) is 12.3. The highest BCUT2D eigenvalue weighted by atomic mass is 35.5. The minimum Gasteiger partial charge on any atom is -0.342 e. The van der Waals surface area contributed by atoms with E-state index < -0.39 is 0 Å². The van der Waals surface area contributed by atoms with Crippen molar-refractivity contribution in [2.45, 2.75) is 46.6 Å². The number of hydrogen-bond donors (Lipinski definition) is 1. The molecular formula is C13H27ClN2O. The van der Waals surface area contributed by atoms with Crippen LogP contribution in [0.15, 0.2) is 0 Å². The van der Waals surface area contributed by atoms with E-state index in [9.17, 15) is 4.79 Å². The van der Waals surface area contributed by atoms with Crippen LogP contribution in [-0.2, 0) is 4.79 Å². The summed E-state index contributed by atoms with van der Waals surface area (Å²) in [6.07, 6.45) is 2.16. The number of rotatable bonds is 2. The fraction of sp³-hybridized carbons (Fsp3) is 0.923. The van der Waals surface area contributed by atoms with Gasteiger partial charge in [-0.05, 0) is 25.3 Å². The Hall–Kier alpha value is -0.280. The Labute approximate surface area is 112 Å². The molecule has 1 aliphatic heterocycles. The van der Waals surface area contributed by atoms with Crippen LogP contribution in [0.25, 0.3) is 0 Å². The van der Waals surface area contributed by atoms with Crippen LogP contribution < -0.4 is 5.32 Å². The molecule has 0 spiro atoms. The molecule has 1 N–H and O–H groups in total. The van der Waals surface area contributed by atoms with Crippen molar-refractivity contribution in [2.24, 2.45) is 11.3 Å². The topological polar surface area (TPSA) is 32.3 Å². The summed E-state index contributed by atoms with van der Waals surface area (Å²) in [5.74, 6) is 0.431. The zero-order valence-electron chi connectivity index (χ0n) is 11.7. The van der Waals surface area contributed by atoms with Crippen LogP contribution in [0.2, 0.25) is 0 Å². The van der Waals surface area contributed by atoms with Crippen molar-refractivity contribution in [1.29, 1.82) is 0 Å². The lowest BCUT2D eigenvalue weighted by Crippen LogP contribution is -2.47. The predicted molar refractivity (Wildman–Crippen MR) is 74.5 cm³/mol. The van der Waals surface area contributed by atoms with Gasteiger partial charge in [0, 0.05) is 25.0 Å². The third kappa shape index (κ3) is 4.47. The highest BCUT2D eigenvalue weighted by molar-refractivity contribution is 5.85. The molecule has 1 aliphatic rings. The molecule has 0 aliphatic carbocycles. The molecule has 0 radical (unpaired) electrons. The van der Waals surface area contributed by atoms with Crippen LogP contribution in [0.1, 0.15) is 40.5 Å². The summed E-state index contributed by atoms with van der Waals surface area (Å²) >= 11 is 0. The molecule has 0 aromatic carbocycles. The average molecular weight is 263 g/mol. The van der Waals surface area contributed by atoms with E-state index in [1.54, 1.807) is 0 Å². The Kier molecular flexibility index (Phi) is 6.49. The van der Waals surface area contributed by atoms with Crippen LogP contribution in [0.5, 0.6) is 0 Å². The van der Waals surface area contributed by atoms with Crippen molar-refractivity contribution in [3.8, 4) is 0 Å². The molecule has 0 aromatic heterocycles. The molecule has 1 rings (SSSR count). The number of piperidine rings is 1. The fourth-order valence-corrected chi connectivity index (χ4v) is 2.03. The number of nitrogens with one attached hydrogen (secondary N) is 1. The van der Waals surface area contributed by atoms with E-state index in [0.717, 1.165) is 25.9 Å². The minimum absolute atomic E-state index is 0. The number of nitrogens with zero attached hydrogens (tertiary/aromatic N) is 1. The van der Waals surface area contributed by atoms with Crippen LogP contribution >= 0.6 is 12.4 Å². The van der Waals surface area contributed by atoms with Gasteiger partial charge in [0.05, 0.1) is 0 Å². The Morgan fingerprint density at radius 3 is 2.12 bits per heavy atom. The number of likely N-dealkylation sites (tertiary alicyclic amines) is 1. The monoisotopic (exact) mass is 262 g/mol. The Morgan fingerprint density at radius 2 is 1.76 bits per heavy atom. The first-order valence-electron chi connectivity index (χ1n) is 6.32. The van der Waals surface area contributed by atoms with Gasteiger partial charge in [0.25, 0.3) is 0 Å². The molecule has 1 atom stereocenters. The van der Waals surface area contributed by atoms with Crippen molar-refractivity contribution < 1.29 is 4.79 Å². The van der Waals surface area contributed by atoms with E-state index in [4.69, 9.17) is 0 Å². The van der Waals surface area contributed by atoms with Crippen molar-refractivity contribution in [3.05, 3.63) is 0 Å². The highest BCUT2D eigenvalue weighted by Crippen LogP contribution is 2.28. The minimum atomic E-state index is 0. The van der Waals surface area contributed by atoms with Crippen LogP contribution in [0.3, 0.4) is 0 Å². The summed E-state index contributed by atoms with van der Waals surface area (Å²) in [6, 6.07) is 0.592. The quantitative estimate of drug-likeness (QED) is 0.828. The molecule has 1 unspecified atom stereocenters. The molecule has 0 saturated carbocycles. The maximum absolute atomic E-state index is 12.2. The smallest absolute Gasteiger partial charge is 0.225 e. The number of hydrogen-bond acceptors (Lipinski definition) is 2. The van der Waals surface area contributed by atoms with Crippen molar-refractivity contribution >= 4 is 18.3 Å². The summed E-state index contributed by atoms with van der Waals surface area (Å²) in [5.41, 5.74) is 0.0664. The van der Waals surface area contributed by atoms with Crippen LogP contribution in [-0.4, -0.2) is 37.0 Å². The van der Waals surface area contributed by atoms with Gasteiger partial charge in [-0.2, -0.15) is 0 Å². The second kappa shape index (κ2) is 6.60. The van der Waals surface area contributed by atoms with E-state index in [2.05, 4.69) is 26.1 Å². The zero-order valence-corrected chi connectivity index (χ0v) is 12.6. The summed E-state index contributed by atoms with van der Waals surface area (Å²) in [5, 5.41) is 3.28. The first-order chi connectivity index (χ1) is 7.36. The Bertz CT molecular complexity index is 242. The number of halogens is 1. The van der Waals surface area contributed by atoms with Gasteiger partial charge in [0.2, 0.25) is 5.91 Å². The van der Waals surface area contributed by atoms with Gasteiger partial charge in [-0.3, -0.25) is 4.79 Å². The number of amides is 1. The predicted octanol–water partition coefficient (Wildman–Crippen LogP) is 2.30. The van der Waals surface area contributed by atoms with Gasteiger partial charge in [-0.15, -0.1) is 12.4 Å². The van der Waals surface area contributed by atoms with Gasteiger partial charge < -0.3 is 10.2 Å².